The van der Waals surface area contributed by atoms with Crippen LogP contribution in [-0.4, -0.2) is 61.3 Å². The van der Waals surface area contributed by atoms with Gasteiger partial charge in [0, 0.05) is 35.9 Å². The third-order valence-corrected chi connectivity index (χ3v) is 23.1. The smallest absolute Gasteiger partial charge is 0.496 e. The predicted octanol–water partition coefficient (Wildman–Crippen LogP) is 9.81. The maximum atomic E-state index is 7.20. The minimum absolute atomic E-state index is 0.103. The first-order chi connectivity index (χ1) is 23.0. The Morgan fingerprint density at radius 3 is 1.98 bits per heavy atom. The molecule has 0 N–H and O–H groups in total. The molecule has 1 fully saturated rings. The van der Waals surface area contributed by atoms with Crippen LogP contribution in [0.4, 0.5) is 0 Å². The lowest BCUT2D eigenvalue weighted by Crippen LogP contribution is -2.51. The van der Waals surface area contributed by atoms with Gasteiger partial charge >= 0.3 is 7.12 Å². The van der Waals surface area contributed by atoms with E-state index in [-0.39, 0.29) is 17.4 Å². The molecule has 0 saturated carbocycles. The van der Waals surface area contributed by atoms with Gasteiger partial charge in [0.2, 0.25) is 14.6 Å². The second-order valence-electron chi connectivity index (χ2n) is 18.2. The van der Waals surface area contributed by atoms with E-state index in [0.717, 1.165) is 38.9 Å². The van der Waals surface area contributed by atoms with Gasteiger partial charge in [-0.3, -0.25) is 0 Å². The summed E-state index contributed by atoms with van der Waals surface area (Å²) in [7, 11) is -3.11. The van der Waals surface area contributed by atoms with Crippen LogP contribution in [0.1, 0.15) is 121 Å². The van der Waals surface area contributed by atoms with Crippen LogP contribution < -0.4 is 19.7 Å². The Morgan fingerprint density at radius 2 is 1.46 bits per heavy atom. The molecule has 1 saturated heterocycles. The van der Waals surface area contributed by atoms with Crippen molar-refractivity contribution in [3.05, 3.63) is 23.3 Å². The number of hydrogen-bond acceptors (Lipinski definition) is 8. The van der Waals surface area contributed by atoms with Crippen LogP contribution in [0.15, 0.2) is 12.1 Å². The molecular formula is C39H65BO8Si2. The topological polar surface area (TPSA) is 73.8 Å². The minimum atomic E-state index is -2.20. The van der Waals surface area contributed by atoms with Gasteiger partial charge in [-0.15, -0.1) is 0 Å². The van der Waals surface area contributed by atoms with Crippen molar-refractivity contribution in [3.63, 3.8) is 0 Å². The zero-order chi connectivity index (χ0) is 37.4. The summed E-state index contributed by atoms with van der Waals surface area (Å²) < 4.78 is 53.6. The van der Waals surface area contributed by atoms with E-state index in [0.29, 0.717) is 41.8 Å². The second-order valence-corrected chi connectivity index (χ2v) is 28.4. The molecule has 3 aliphatic rings. The molecule has 2 aromatic rings. The lowest BCUT2D eigenvalue weighted by molar-refractivity contribution is -0.133. The van der Waals surface area contributed by atoms with Crippen molar-refractivity contribution in [2.45, 2.75) is 174 Å². The predicted molar refractivity (Wildman–Crippen MR) is 208 cm³/mol. The molecule has 280 valence electrons. The Kier molecular flexibility index (Phi) is 10.8. The fraction of sp³-hybridized carbons (Fsp3) is 0.744. The lowest BCUT2D eigenvalue weighted by atomic mass is 9.76. The SMILES string of the molecule is COc1cc(B2OC(C)(C)C(C)(C)O2)c2c3c(c4c(cc13)C[C@H](O[Si](C(C)C)(C(C)C)C(C)C)O[C@H]4C)OC(CCO[Si](C)(C)C(C)(C)C)O2. The largest absolute Gasteiger partial charge is 0.498 e. The van der Waals surface area contributed by atoms with Crippen LogP contribution >= 0.6 is 0 Å². The number of rotatable bonds is 11. The number of benzene rings is 2. The van der Waals surface area contributed by atoms with Gasteiger partial charge in [-0.2, -0.15) is 0 Å². The third kappa shape index (κ3) is 6.82. The molecule has 3 aliphatic heterocycles. The van der Waals surface area contributed by atoms with Gasteiger partial charge in [0.15, 0.2) is 14.6 Å². The van der Waals surface area contributed by atoms with E-state index in [1.54, 1.807) is 7.11 Å². The molecule has 0 aromatic heterocycles. The Hall–Kier alpha value is -1.60. The Morgan fingerprint density at radius 1 is 0.900 bits per heavy atom. The van der Waals surface area contributed by atoms with Gasteiger partial charge in [0.25, 0.3) is 0 Å². The molecule has 2 aromatic carbocycles. The van der Waals surface area contributed by atoms with E-state index in [9.17, 15) is 0 Å². The molecule has 11 heteroatoms. The van der Waals surface area contributed by atoms with E-state index in [1.165, 1.54) is 0 Å². The highest BCUT2D eigenvalue weighted by molar-refractivity contribution is 6.77. The summed E-state index contributed by atoms with van der Waals surface area (Å²) in [4.78, 5) is 0. The number of hydrogen-bond donors (Lipinski definition) is 0. The fourth-order valence-corrected chi connectivity index (χ4v) is 14.5. The van der Waals surface area contributed by atoms with Crippen molar-refractivity contribution >= 4 is 40.0 Å². The summed E-state index contributed by atoms with van der Waals surface area (Å²) in [6, 6.07) is 4.26. The van der Waals surface area contributed by atoms with Crippen LogP contribution in [0.2, 0.25) is 34.8 Å². The van der Waals surface area contributed by atoms with Crippen LogP contribution in [0, 0.1) is 0 Å². The Balaban J connectivity index is 1.62. The molecule has 0 amide bonds. The summed E-state index contributed by atoms with van der Waals surface area (Å²) in [6.45, 7) is 36.1. The van der Waals surface area contributed by atoms with Gasteiger partial charge in [-0.05, 0) is 87.1 Å². The van der Waals surface area contributed by atoms with Gasteiger partial charge in [0.05, 0.1) is 29.8 Å². The highest BCUT2D eigenvalue weighted by Crippen LogP contribution is 2.52. The number of methoxy groups -OCH3 is 1. The quantitative estimate of drug-likeness (QED) is 0.212. The highest BCUT2D eigenvalue weighted by atomic mass is 28.4. The third-order valence-electron chi connectivity index (χ3n) is 12.5. The van der Waals surface area contributed by atoms with E-state index in [1.807, 2.05) is 6.07 Å². The lowest BCUT2D eigenvalue weighted by Gasteiger charge is -2.46. The first kappa shape index (κ1) is 39.6. The minimum Gasteiger partial charge on any atom is -0.496 e. The van der Waals surface area contributed by atoms with Crippen molar-refractivity contribution in [3.8, 4) is 17.2 Å². The molecule has 5 rings (SSSR count). The van der Waals surface area contributed by atoms with Crippen molar-refractivity contribution in [1.29, 1.82) is 0 Å². The molecule has 0 bridgehead atoms. The van der Waals surface area contributed by atoms with E-state index < -0.39 is 41.2 Å². The first-order valence-corrected chi connectivity index (χ1v) is 23.9. The van der Waals surface area contributed by atoms with Crippen molar-refractivity contribution in [2.75, 3.05) is 13.7 Å². The number of fused-ring (bicyclic) bond motifs is 2. The zero-order valence-electron chi connectivity index (χ0n) is 34.1. The molecule has 0 spiro atoms. The van der Waals surface area contributed by atoms with Gasteiger partial charge in [0.1, 0.15) is 17.2 Å². The molecule has 0 aliphatic carbocycles. The summed E-state index contributed by atoms with van der Waals surface area (Å²) in [5.41, 5.74) is 3.29. The Bertz CT molecular complexity index is 1530. The zero-order valence-corrected chi connectivity index (χ0v) is 36.1. The van der Waals surface area contributed by atoms with Crippen molar-refractivity contribution in [2.24, 2.45) is 0 Å². The van der Waals surface area contributed by atoms with Crippen molar-refractivity contribution < 1.29 is 37.1 Å². The summed E-state index contributed by atoms with van der Waals surface area (Å²) in [5, 5.41) is 1.89. The Labute approximate surface area is 304 Å². The van der Waals surface area contributed by atoms with Crippen LogP contribution in [0.25, 0.3) is 10.8 Å². The van der Waals surface area contributed by atoms with Crippen LogP contribution in [0.5, 0.6) is 17.2 Å². The van der Waals surface area contributed by atoms with Crippen LogP contribution in [0.3, 0.4) is 0 Å². The van der Waals surface area contributed by atoms with E-state index in [2.05, 4.69) is 116 Å². The average Bonchev–Trinajstić information content (AvgIpc) is 3.20. The molecular weight excluding hydrogens is 663 g/mol. The van der Waals surface area contributed by atoms with E-state index in [4.69, 9.17) is 37.1 Å². The number of ether oxygens (including phenoxy) is 4. The summed E-state index contributed by atoms with van der Waals surface area (Å²) >= 11 is 0. The fourth-order valence-electron chi connectivity index (χ4n) is 8.01. The van der Waals surface area contributed by atoms with Gasteiger partial charge in [-0.25, -0.2) is 0 Å². The molecule has 8 nitrogen and oxygen atoms in total. The van der Waals surface area contributed by atoms with Crippen LogP contribution in [-0.2, 0) is 29.3 Å². The first-order valence-electron chi connectivity index (χ1n) is 18.8. The van der Waals surface area contributed by atoms with Gasteiger partial charge < -0.3 is 37.1 Å². The molecule has 1 unspecified atom stereocenters. The highest BCUT2D eigenvalue weighted by Gasteiger charge is 2.54. The van der Waals surface area contributed by atoms with E-state index >= 15 is 0 Å². The molecule has 3 heterocycles. The molecule has 3 atom stereocenters. The molecule has 0 radical (unpaired) electrons. The molecule has 50 heavy (non-hydrogen) atoms. The summed E-state index contributed by atoms with van der Waals surface area (Å²) in [6.07, 6.45) is 0.0235. The van der Waals surface area contributed by atoms with Gasteiger partial charge in [-0.1, -0.05) is 62.3 Å². The summed E-state index contributed by atoms with van der Waals surface area (Å²) in [5.74, 6) is 2.20. The standard InChI is InChI=1S/C39H65BO8Si2/c1-23(2)50(24(3)4,25(5)6)46-32-21-27-20-28-30(41-15)22-29(40-47-38(11,12)39(13,14)48-40)35-34(28)36(33(27)26(7)43-32)45-31(44-35)18-19-42-49(16,17)37(8,9)10/h20,22-26,31-32H,18-19,21H2,1-17H3/t26-,31?,32-/m0/s1. The van der Waals surface area contributed by atoms with Crippen molar-refractivity contribution in [1.82, 2.24) is 0 Å². The maximum absolute atomic E-state index is 7.20. The maximum Gasteiger partial charge on any atom is 0.498 e. The normalized spacial score (nSPS) is 23.4. The average molecular weight is 729 g/mol. The second kappa shape index (κ2) is 13.7. The monoisotopic (exact) mass is 728 g/mol.